The zero-order valence-corrected chi connectivity index (χ0v) is 16.1. The number of aryl methyl sites for hydroxylation is 2. The number of fused-ring (bicyclic) bond motifs is 1. The second-order valence-electron chi connectivity index (χ2n) is 6.29. The molecule has 136 valence electrons. The van der Waals surface area contributed by atoms with Crippen LogP contribution < -0.4 is 0 Å². The van der Waals surface area contributed by atoms with Gasteiger partial charge in [-0.25, -0.2) is 0 Å². The lowest BCUT2D eigenvalue weighted by atomic mass is 10.0. The number of thioether (sulfide) groups is 1. The number of ketones is 1. The molecule has 0 unspecified atom stereocenters. The Balaban J connectivity index is 1.83. The molecule has 0 aliphatic heterocycles. The van der Waals surface area contributed by atoms with E-state index < -0.39 is 0 Å². The third kappa shape index (κ3) is 3.17. The van der Waals surface area contributed by atoms with Crippen LogP contribution in [-0.4, -0.2) is 30.9 Å². The maximum Gasteiger partial charge on any atom is 0.191 e. The first kappa shape index (κ1) is 17.5. The predicted octanol–water partition coefficient (Wildman–Crippen LogP) is 4.43. The van der Waals surface area contributed by atoms with Gasteiger partial charge in [0.25, 0.3) is 0 Å². The highest BCUT2D eigenvalue weighted by Gasteiger charge is 2.23. The van der Waals surface area contributed by atoms with E-state index in [4.69, 9.17) is 0 Å². The summed E-state index contributed by atoms with van der Waals surface area (Å²) in [5.74, 6) is 0.426. The van der Waals surface area contributed by atoms with Crippen LogP contribution in [0.15, 0.2) is 66.1 Å². The summed E-state index contributed by atoms with van der Waals surface area (Å²) >= 11 is 1.42. The molecule has 2 aromatic carbocycles. The minimum Gasteiger partial charge on any atom is -0.340 e. The lowest BCUT2D eigenvalue weighted by Gasteiger charge is -2.10. The van der Waals surface area contributed by atoms with Crippen molar-refractivity contribution in [3.05, 3.63) is 66.5 Å². The van der Waals surface area contributed by atoms with Crippen molar-refractivity contribution in [2.45, 2.75) is 18.6 Å². The molecule has 0 bridgehead atoms. The molecule has 0 amide bonds. The normalized spacial score (nSPS) is 11.2. The molecule has 0 saturated heterocycles. The van der Waals surface area contributed by atoms with Crippen molar-refractivity contribution < 1.29 is 4.79 Å². The van der Waals surface area contributed by atoms with Crippen molar-refractivity contribution >= 4 is 28.4 Å². The molecule has 0 fully saturated rings. The summed E-state index contributed by atoms with van der Waals surface area (Å²) in [6.45, 7) is 2.91. The highest BCUT2D eigenvalue weighted by Crippen LogP contribution is 2.35. The molecule has 0 atom stereocenters. The van der Waals surface area contributed by atoms with Crippen LogP contribution in [0.2, 0.25) is 0 Å². The lowest BCUT2D eigenvalue weighted by molar-refractivity contribution is 0.102. The molecule has 0 saturated carbocycles. The Bertz CT molecular complexity index is 1100. The molecule has 6 heteroatoms. The maximum atomic E-state index is 13.3. The van der Waals surface area contributed by atoms with E-state index in [-0.39, 0.29) is 5.78 Å². The Morgan fingerprint density at radius 2 is 1.81 bits per heavy atom. The second kappa shape index (κ2) is 7.40. The third-order valence-electron chi connectivity index (χ3n) is 4.62. The molecular formula is C21H20N4OS. The Morgan fingerprint density at radius 3 is 2.52 bits per heavy atom. The molecule has 4 aromatic rings. The van der Waals surface area contributed by atoms with Gasteiger partial charge in [-0.1, -0.05) is 60.3 Å². The number of rotatable bonds is 6. The summed E-state index contributed by atoms with van der Waals surface area (Å²) in [6, 6.07) is 18.3. The quantitative estimate of drug-likeness (QED) is 0.369. The van der Waals surface area contributed by atoms with Crippen LogP contribution in [0.1, 0.15) is 17.3 Å². The lowest BCUT2D eigenvalue weighted by Crippen LogP contribution is -2.06. The molecule has 27 heavy (non-hydrogen) atoms. The predicted molar refractivity (Wildman–Crippen MR) is 109 cm³/mol. The molecule has 4 rings (SSSR count). The van der Waals surface area contributed by atoms with Crippen molar-refractivity contribution in [3.63, 3.8) is 0 Å². The molecule has 0 spiro atoms. The fourth-order valence-electron chi connectivity index (χ4n) is 3.42. The Labute approximate surface area is 162 Å². The smallest absolute Gasteiger partial charge is 0.191 e. The van der Waals surface area contributed by atoms with Crippen LogP contribution >= 0.6 is 11.8 Å². The van der Waals surface area contributed by atoms with Gasteiger partial charge in [-0.3, -0.25) is 4.79 Å². The molecule has 2 heterocycles. The van der Waals surface area contributed by atoms with Crippen LogP contribution in [0.25, 0.3) is 22.2 Å². The monoisotopic (exact) mass is 376 g/mol. The summed E-state index contributed by atoms with van der Waals surface area (Å²) in [6.07, 6.45) is 1.64. The average Bonchev–Trinajstić information content (AvgIpc) is 3.27. The molecule has 5 nitrogen and oxygen atoms in total. The third-order valence-corrected chi connectivity index (χ3v) is 5.65. The minimum absolute atomic E-state index is 0.102. The van der Waals surface area contributed by atoms with Gasteiger partial charge in [0.1, 0.15) is 6.33 Å². The minimum atomic E-state index is 0.102. The summed E-state index contributed by atoms with van der Waals surface area (Å²) in [5, 5.41) is 9.69. The number of hydrogen-bond acceptors (Lipinski definition) is 4. The van der Waals surface area contributed by atoms with Crippen molar-refractivity contribution in [3.8, 4) is 11.3 Å². The number of benzene rings is 2. The maximum absolute atomic E-state index is 13.3. The van der Waals surface area contributed by atoms with E-state index in [2.05, 4.69) is 39.9 Å². The summed E-state index contributed by atoms with van der Waals surface area (Å²) < 4.78 is 4.05. The zero-order valence-electron chi connectivity index (χ0n) is 15.3. The number of para-hydroxylation sites is 1. The van der Waals surface area contributed by atoms with Crippen molar-refractivity contribution in [2.75, 3.05) is 5.75 Å². The Kier molecular flexibility index (Phi) is 4.81. The van der Waals surface area contributed by atoms with E-state index in [1.54, 1.807) is 6.33 Å². The topological polar surface area (TPSA) is 52.7 Å². The fraction of sp³-hybridized carbons (Fsp3) is 0.190. The molecule has 0 aliphatic carbocycles. The number of aromatic nitrogens is 4. The van der Waals surface area contributed by atoms with E-state index in [9.17, 15) is 4.79 Å². The summed E-state index contributed by atoms with van der Waals surface area (Å²) in [4.78, 5) is 13.3. The highest BCUT2D eigenvalue weighted by molar-refractivity contribution is 7.99. The van der Waals surface area contributed by atoms with Gasteiger partial charge in [-0.15, -0.1) is 10.2 Å². The summed E-state index contributed by atoms with van der Waals surface area (Å²) in [5.41, 5.74) is 3.92. The average molecular weight is 376 g/mol. The number of hydrogen-bond donors (Lipinski definition) is 0. The Morgan fingerprint density at radius 1 is 1.07 bits per heavy atom. The van der Waals surface area contributed by atoms with Crippen LogP contribution in [0.3, 0.4) is 0 Å². The van der Waals surface area contributed by atoms with Crippen LogP contribution in [0.4, 0.5) is 0 Å². The van der Waals surface area contributed by atoms with Gasteiger partial charge in [0, 0.05) is 24.5 Å². The number of nitrogens with zero attached hydrogens (tertiary/aromatic N) is 4. The van der Waals surface area contributed by atoms with E-state index >= 15 is 0 Å². The number of Topliss-reactive ketones (excluding diaryl/α,β-unsaturated/α-hetero) is 1. The van der Waals surface area contributed by atoms with Crippen molar-refractivity contribution in [1.29, 1.82) is 0 Å². The van der Waals surface area contributed by atoms with Gasteiger partial charge in [0.2, 0.25) is 0 Å². The van der Waals surface area contributed by atoms with Gasteiger partial charge in [-0.05, 0) is 18.6 Å². The number of carbonyl (C=O) groups is 1. The fourth-order valence-corrected chi connectivity index (χ4v) is 4.18. The zero-order chi connectivity index (χ0) is 18.8. The van der Waals surface area contributed by atoms with Crippen molar-refractivity contribution in [1.82, 2.24) is 19.3 Å². The SMILES string of the molecule is CCn1c(-c2ccccc2)c(C(=O)CSc2nncn2C)c2ccccc21. The summed E-state index contributed by atoms with van der Waals surface area (Å²) in [7, 11) is 1.88. The van der Waals surface area contributed by atoms with Gasteiger partial charge in [0.05, 0.1) is 17.0 Å². The van der Waals surface area contributed by atoms with Crippen LogP contribution in [-0.2, 0) is 13.6 Å². The first-order valence-corrected chi connectivity index (χ1v) is 9.86. The molecular weight excluding hydrogens is 356 g/mol. The highest BCUT2D eigenvalue weighted by atomic mass is 32.2. The molecule has 0 aliphatic rings. The van der Waals surface area contributed by atoms with Gasteiger partial charge < -0.3 is 9.13 Å². The van der Waals surface area contributed by atoms with E-state index in [0.29, 0.717) is 5.75 Å². The van der Waals surface area contributed by atoms with E-state index in [0.717, 1.165) is 39.4 Å². The second-order valence-corrected chi connectivity index (χ2v) is 7.23. The Hall–Kier alpha value is -2.86. The molecule has 2 aromatic heterocycles. The van der Waals surface area contributed by atoms with Gasteiger partial charge in [0.15, 0.2) is 10.9 Å². The largest absolute Gasteiger partial charge is 0.340 e. The van der Waals surface area contributed by atoms with Gasteiger partial charge in [-0.2, -0.15) is 0 Å². The van der Waals surface area contributed by atoms with Crippen molar-refractivity contribution in [2.24, 2.45) is 7.05 Å². The van der Waals surface area contributed by atoms with E-state index in [1.165, 1.54) is 11.8 Å². The first-order chi connectivity index (χ1) is 13.2. The first-order valence-electron chi connectivity index (χ1n) is 8.87. The van der Waals surface area contributed by atoms with Crippen LogP contribution in [0.5, 0.6) is 0 Å². The van der Waals surface area contributed by atoms with Gasteiger partial charge >= 0.3 is 0 Å². The van der Waals surface area contributed by atoms with E-state index in [1.807, 2.05) is 48.0 Å². The van der Waals surface area contributed by atoms with Crippen LogP contribution in [0, 0.1) is 0 Å². The molecule has 0 N–H and O–H groups in total. The standard InChI is InChI=1S/C21H20N4OS/c1-3-25-17-12-8-7-11-16(17)19(20(25)15-9-5-4-6-10-15)18(26)13-27-21-23-22-14-24(21)2/h4-12,14H,3,13H2,1-2H3. The molecule has 0 radical (unpaired) electrons. The number of carbonyl (C=O) groups excluding carboxylic acids is 1.